The van der Waals surface area contributed by atoms with Crippen molar-refractivity contribution >= 4 is 17.7 Å². The van der Waals surface area contributed by atoms with Crippen molar-refractivity contribution in [2.45, 2.75) is 188 Å². The highest BCUT2D eigenvalue weighted by molar-refractivity contribution is 5.75. The first-order valence-corrected chi connectivity index (χ1v) is 23.8. The van der Waals surface area contributed by atoms with Gasteiger partial charge in [-0.2, -0.15) is 0 Å². The van der Waals surface area contributed by atoms with E-state index in [1.807, 2.05) is 5.32 Å². The summed E-state index contributed by atoms with van der Waals surface area (Å²) in [5, 5.41) is 199. The summed E-state index contributed by atoms with van der Waals surface area (Å²) in [6, 6.07) is -1.75. The molecule has 440 valence electrons. The molecule has 4 saturated heterocycles. The van der Waals surface area contributed by atoms with E-state index in [1.54, 1.807) is 0 Å². The molecule has 21 N–H and O–H groups in total. The van der Waals surface area contributed by atoms with Crippen molar-refractivity contribution in [2.75, 3.05) is 39.6 Å². The Morgan fingerprint density at radius 1 is 0.513 bits per heavy atom. The molecule has 4 aliphatic rings. The van der Waals surface area contributed by atoms with Crippen molar-refractivity contribution in [2.24, 2.45) is 0 Å². The van der Waals surface area contributed by atoms with Crippen molar-refractivity contribution < 1.29 is 149 Å². The number of hydrogen-bond donors (Lipinski definition) is 21. The summed E-state index contributed by atoms with van der Waals surface area (Å²) in [5.41, 5.74) is -1.37. The van der Waals surface area contributed by atoms with Gasteiger partial charge in [0.15, 0.2) is 25.2 Å². The smallest absolute Gasteiger partial charge is 0.221 e. The van der Waals surface area contributed by atoms with Crippen molar-refractivity contribution in [3.63, 3.8) is 0 Å². The van der Waals surface area contributed by atoms with Gasteiger partial charge >= 0.3 is 0 Å². The first-order chi connectivity index (χ1) is 35.8. The average molecular weight is 1110 g/mol. The first-order valence-electron chi connectivity index (χ1n) is 23.8. The Morgan fingerprint density at radius 2 is 1.03 bits per heavy atom. The Bertz CT molecular complexity index is 1920. The van der Waals surface area contributed by atoms with Crippen LogP contribution < -0.4 is 16.0 Å². The van der Waals surface area contributed by atoms with Gasteiger partial charge in [0.05, 0.1) is 38.2 Å². The molecular formula is C43H73N3O30. The molecule has 4 heterocycles. The molecule has 0 aromatic heterocycles. The number of hydrogen-bond acceptors (Lipinski definition) is 30. The predicted molar refractivity (Wildman–Crippen MR) is 241 cm³/mol. The molecule has 0 aliphatic carbocycles. The minimum Gasteiger partial charge on any atom is -0.508 e. The van der Waals surface area contributed by atoms with Crippen LogP contribution in [0.5, 0.6) is 0 Å². The Balaban J connectivity index is 1.74. The monoisotopic (exact) mass is 1110 g/mol. The van der Waals surface area contributed by atoms with Gasteiger partial charge in [-0.15, -0.1) is 0 Å². The van der Waals surface area contributed by atoms with E-state index in [2.05, 4.69) is 10.6 Å². The van der Waals surface area contributed by atoms with E-state index in [-0.39, 0.29) is 0 Å². The molecule has 24 atom stereocenters. The minimum atomic E-state index is -2.51. The van der Waals surface area contributed by atoms with Crippen molar-refractivity contribution in [3.8, 4) is 0 Å². The normalized spacial score (nSPS) is 38.4. The quantitative estimate of drug-likeness (QED) is 0.0298. The molecule has 4 rings (SSSR count). The van der Waals surface area contributed by atoms with E-state index in [4.69, 9.17) is 42.6 Å². The Labute approximate surface area is 432 Å². The zero-order valence-corrected chi connectivity index (χ0v) is 41.5. The predicted octanol–water partition coefficient (Wildman–Crippen LogP) is -10.6. The van der Waals surface area contributed by atoms with Crippen LogP contribution in [0.3, 0.4) is 0 Å². The van der Waals surface area contributed by atoms with Gasteiger partial charge in [-0.1, -0.05) is 0 Å². The SMILES string of the molecule is CC(=O)N/C(=C(\O)[C@@H](CCO)O[C@@H]1OC(CO)[C@@H](O[C@@H]2OC(CO[C@H]3OC(CO)[C@@H](O)C(O)C3O[C@H](O)/C(NC(C)=O)=C(/O)[C@H](O)CCO)[C@@H](O)C(O[C@H]3OC(CO)[C@@H](O)C(O)C3O)C2O)C(O)C1NC(C)=O)[C@H](C)O. The lowest BCUT2D eigenvalue weighted by atomic mass is 9.94. The van der Waals surface area contributed by atoms with Gasteiger partial charge in [-0.25, -0.2) is 0 Å². The van der Waals surface area contributed by atoms with Crippen LogP contribution in [0.1, 0.15) is 40.5 Å². The van der Waals surface area contributed by atoms with Crippen LogP contribution in [0.4, 0.5) is 0 Å². The fourth-order valence-corrected chi connectivity index (χ4v) is 8.46. The van der Waals surface area contributed by atoms with Crippen molar-refractivity contribution in [3.05, 3.63) is 22.9 Å². The van der Waals surface area contributed by atoms with Crippen LogP contribution >= 0.6 is 0 Å². The van der Waals surface area contributed by atoms with E-state index in [9.17, 15) is 106 Å². The topological polar surface area (TPSA) is 535 Å². The van der Waals surface area contributed by atoms with Gasteiger partial charge in [0, 0.05) is 46.8 Å². The molecule has 12 unspecified atom stereocenters. The third-order valence-corrected chi connectivity index (χ3v) is 12.4. The molecule has 4 aliphatic heterocycles. The zero-order chi connectivity index (χ0) is 57.0. The summed E-state index contributed by atoms with van der Waals surface area (Å²) in [6.45, 7) is -1.26. The van der Waals surface area contributed by atoms with E-state index in [0.29, 0.717) is 0 Å². The Kier molecular flexibility index (Phi) is 25.3. The van der Waals surface area contributed by atoms with Crippen LogP contribution in [0.25, 0.3) is 0 Å². The number of carbonyl (C=O) groups is 3. The highest BCUT2D eigenvalue weighted by Crippen LogP contribution is 2.35. The lowest BCUT2D eigenvalue weighted by Crippen LogP contribution is -2.69. The number of aliphatic hydroxyl groups is 18. The zero-order valence-electron chi connectivity index (χ0n) is 41.5. The van der Waals surface area contributed by atoms with E-state index in [1.165, 1.54) is 6.92 Å². The number of aliphatic hydroxyl groups excluding tert-OH is 18. The highest BCUT2D eigenvalue weighted by atomic mass is 16.8. The Hall–Kier alpha value is -3.51. The second-order valence-corrected chi connectivity index (χ2v) is 18.2. The molecule has 0 saturated carbocycles. The summed E-state index contributed by atoms with van der Waals surface area (Å²) >= 11 is 0. The summed E-state index contributed by atoms with van der Waals surface area (Å²) in [7, 11) is 0. The van der Waals surface area contributed by atoms with Gasteiger partial charge in [-0.05, 0) is 6.92 Å². The molecular weight excluding hydrogens is 1040 g/mol. The highest BCUT2D eigenvalue weighted by Gasteiger charge is 2.56. The van der Waals surface area contributed by atoms with Gasteiger partial charge in [-0.3, -0.25) is 14.4 Å². The average Bonchev–Trinajstić information content (AvgIpc) is 3.36. The van der Waals surface area contributed by atoms with Gasteiger partial charge in [0.25, 0.3) is 0 Å². The minimum absolute atomic E-state index is 0.453. The van der Waals surface area contributed by atoms with E-state index in [0.717, 1.165) is 20.8 Å². The van der Waals surface area contributed by atoms with Crippen LogP contribution in [0, 0.1) is 0 Å². The molecule has 3 amide bonds. The third-order valence-electron chi connectivity index (χ3n) is 12.4. The molecule has 76 heavy (non-hydrogen) atoms. The molecule has 0 spiro atoms. The van der Waals surface area contributed by atoms with Gasteiger partial charge < -0.3 is 150 Å². The molecule has 33 heteroatoms. The lowest BCUT2D eigenvalue weighted by Gasteiger charge is -2.49. The number of rotatable bonds is 25. The maximum absolute atomic E-state index is 12.6. The lowest BCUT2D eigenvalue weighted by molar-refractivity contribution is -0.382. The maximum atomic E-state index is 12.6. The van der Waals surface area contributed by atoms with Crippen molar-refractivity contribution in [1.29, 1.82) is 0 Å². The fourth-order valence-electron chi connectivity index (χ4n) is 8.46. The fraction of sp³-hybridized carbons (Fsp3) is 0.837. The molecule has 0 aromatic rings. The van der Waals surface area contributed by atoms with Crippen LogP contribution in [-0.4, -0.2) is 297 Å². The summed E-state index contributed by atoms with van der Waals surface area (Å²) < 4.78 is 51.8. The number of amides is 3. The Morgan fingerprint density at radius 3 is 1.57 bits per heavy atom. The molecule has 0 radical (unpaired) electrons. The summed E-state index contributed by atoms with van der Waals surface area (Å²) in [5.74, 6) is -4.44. The van der Waals surface area contributed by atoms with Gasteiger partial charge in [0.1, 0.15) is 127 Å². The summed E-state index contributed by atoms with van der Waals surface area (Å²) in [6.07, 6.45) is -46.8. The third kappa shape index (κ3) is 16.1. The first kappa shape index (κ1) is 65.0. The van der Waals surface area contributed by atoms with E-state index < -0.39 is 240 Å². The van der Waals surface area contributed by atoms with Crippen molar-refractivity contribution in [1.82, 2.24) is 16.0 Å². The number of nitrogens with one attached hydrogen (secondary N) is 3. The number of ether oxygens (including phenoxy) is 9. The van der Waals surface area contributed by atoms with Crippen LogP contribution in [-0.2, 0) is 57.0 Å². The summed E-state index contributed by atoms with van der Waals surface area (Å²) in [4.78, 5) is 36.5. The standard InChI is InChI=1S/C43H73N3O30/c1-13(52)23(44-14(2)53)27(58)18(6-8-48)69-40-25(46-16(4)55)31(62)36(21(11-51)72-40)75-42-35(66)37(76-41-34(65)32(63)28(59)19(9-49)70-41)30(61)22(73-42)12-68-43-38(33(64)29(60)20(10-50)71-43)74-39(67)24(45-15(3)54)26(57)17(56)5-7-47/h13,17-22,25,28-43,47-52,56-67H,5-12H2,1-4H3,(H,44,53)(H,45,54)(H,46,55)/b26-24-,27-23-/t13-,17+,18+,19?,20?,21?,22?,25?,28+,29+,30+,31?,32?,33?,34?,35?,36+,37?,38?,39-,40+,41+,42-,43-/m0/s1. The molecule has 0 bridgehead atoms. The maximum Gasteiger partial charge on any atom is 0.221 e. The largest absolute Gasteiger partial charge is 0.508 e. The van der Waals surface area contributed by atoms with Gasteiger partial charge in [0.2, 0.25) is 24.0 Å². The van der Waals surface area contributed by atoms with Crippen LogP contribution in [0.2, 0.25) is 0 Å². The second-order valence-electron chi connectivity index (χ2n) is 18.2. The molecule has 0 aromatic carbocycles. The van der Waals surface area contributed by atoms with Crippen LogP contribution in [0.15, 0.2) is 22.9 Å². The molecule has 4 fully saturated rings. The molecule has 33 nitrogen and oxygen atoms in total. The van der Waals surface area contributed by atoms with E-state index >= 15 is 0 Å². The number of carbonyl (C=O) groups excluding carboxylic acids is 3. The second kappa shape index (κ2) is 29.6.